The van der Waals surface area contributed by atoms with Crippen LogP contribution in [0, 0.1) is 5.82 Å². The molecule has 1 aromatic carbocycles. The molecule has 2 rings (SSSR count). The van der Waals surface area contributed by atoms with E-state index in [0.29, 0.717) is 16.5 Å². The molecule has 0 aliphatic carbocycles. The normalized spacial score (nSPS) is 12.7. The predicted molar refractivity (Wildman–Crippen MR) is 67.9 cm³/mol. The molecule has 5 heteroatoms. The lowest BCUT2D eigenvalue weighted by Gasteiger charge is -2.12. The molecule has 1 aromatic heterocycles. The van der Waals surface area contributed by atoms with E-state index in [4.69, 9.17) is 5.73 Å². The van der Waals surface area contributed by atoms with Gasteiger partial charge in [-0.15, -0.1) is 0 Å². The highest BCUT2D eigenvalue weighted by atomic mass is 79.9. The summed E-state index contributed by atoms with van der Waals surface area (Å²) in [5.41, 5.74) is 7.52. The minimum absolute atomic E-state index is 0.282. The van der Waals surface area contributed by atoms with Gasteiger partial charge in [-0.2, -0.15) is 5.10 Å². The van der Waals surface area contributed by atoms with Gasteiger partial charge >= 0.3 is 0 Å². The highest BCUT2D eigenvalue weighted by Crippen LogP contribution is 2.22. The number of hydrogen-bond acceptors (Lipinski definition) is 2. The predicted octanol–water partition coefficient (Wildman–Crippen LogP) is 2.56. The van der Waals surface area contributed by atoms with Gasteiger partial charge in [-0.05, 0) is 24.1 Å². The van der Waals surface area contributed by atoms with Crippen LogP contribution in [0.3, 0.4) is 0 Å². The number of benzene rings is 1. The van der Waals surface area contributed by atoms with Crippen molar-refractivity contribution in [1.82, 2.24) is 9.78 Å². The molecule has 1 heterocycles. The molecule has 2 aromatic rings. The SMILES string of the molecule is Cn1cc(CC(N)c2ccc(Br)cc2F)cn1. The fraction of sp³-hybridized carbons (Fsp3) is 0.250. The van der Waals surface area contributed by atoms with E-state index < -0.39 is 0 Å². The summed E-state index contributed by atoms with van der Waals surface area (Å²) in [6.45, 7) is 0. The van der Waals surface area contributed by atoms with E-state index in [9.17, 15) is 4.39 Å². The van der Waals surface area contributed by atoms with Crippen LogP contribution in [-0.2, 0) is 13.5 Å². The summed E-state index contributed by atoms with van der Waals surface area (Å²) < 4.78 is 16.1. The Morgan fingerprint density at radius 1 is 1.53 bits per heavy atom. The van der Waals surface area contributed by atoms with Crippen LogP contribution in [-0.4, -0.2) is 9.78 Å². The summed E-state index contributed by atoms with van der Waals surface area (Å²) in [4.78, 5) is 0. The van der Waals surface area contributed by atoms with Gasteiger partial charge in [-0.25, -0.2) is 4.39 Å². The molecule has 90 valence electrons. The quantitative estimate of drug-likeness (QED) is 0.946. The molecule has 0 aliphatic heterocycles. The highest BCUT2D eigenvalue weighted by Gasteiger charge is 2.13. The van der Waals surface area contributed by atoms with E-state index in [1.165, 1.54) is 6.07 Å². The van der Waals surface area contributed by atoms with Crippen LogP contribution in [0.2, 0.25) is 0 Å². The first-order valence-electron chi connectivity index (χ1n) is 5.24. The minimum atomic E-state index is -0.354. The Bertz CT molecular complexity index is 524. The lowest BCUT2D eigenvalue weighted by atomic mass is 10.0. The molecule has 0 radical (unpaired) electrons. The Balaban J connectivity index is 2.17. The molecule has 0 aliphatic rings. The average molecular weight is 298 g/mol. The molecule has 0 saturated carbocycles. The highest BCUT2D eigenvalue weighted by molar-refractivity contribution is 9.10. The van der Waals surface area contributed by atoms with Gasteiger partial charge in [0, 0.05) is 29.3 Å². The zero-order chi connectivity index (χ0) is 12.4. The van der Waals surface area contributed by atoms with E-state index in [1.807, 2.05) is 13.2 Å². The fourth-order valence-electron chi connectivity index (χ4n) is 1.74. The van der Waals surface area contributed by atoms with Gasteiger partial charge in [-0.1, -0.05) is 22.0 Å². The molecular formula is C12H13BrFN3. The van der Waals surface area contributed by atoms with Crippen molar-refractivity contribution in [1.29, 1.82) is 0 Å². The summed E-state index contributed by atoms with van der Waals surface area (Å²) in [5, 5.41) is 4.06. The maximum Gasteiger partial charge on any atom is 0.129 e. The number of halogens is 2. The number of aryl methyl sites for hydroxylation is 1. The van der Waals surface area contributed by atoms with E-state index >= 15 is 0 Å². The maximum atomic E-state index is 13.7. The third-order valence-electron chi connectivity index (χ3n) is 2.58. The number of nitrogens with two attached hydrogens (primary N) is 1. The molecular weight excluding hydrogens is 285 g/mol. The number of nitrogens with zero attached hydrogens (tertiary/aromatic N) is 2. The van der Waals surface area contributed by atoms with Crippen molar-refractivity contribution in [3.8, 4) is 0 Å². The van der Waals surface area contributed by atoms with Crippen LogP contribution >= 0.6 is 15.9 Å². The van der Waals surface area contributed by atoms with Gasteiger partial charge in [0.2, 0.25) is 0 Å². The first-order chi connectivity index (χ1) is 8.06. The monoisotopic (exact) mass is 297 g/mol. The lowest BCUT2D eigenvalue weighted by molar-refractivity contribution is 0.579. The Labute approximate surface area is 108 Å². The maximum absolute atomic E-state index is 13.7. The number of aromatic nitrogens is 2. The lowest BCUT2D eigenvalue weighted by Crippen LogP contribution is -2.14. The van der Waals surface area contributed by atoms with Gasteiger partial charge < -0.3 is 5.73 Å². The Morgan fingerprint density at radius 2 is 2.29 bits per heavy atom. The summed E-state index contributed by atoms with van der Waals surface area (Å²) in [7, 11) is 1.84. The first kappa shape index (κ1) is 12.3. The second-order valence-corrected chi connectivity index (χ2v) is 4.91. The van der Waals surface area contributed by atoms with Crippen LogP contribution in [0.1, 0.15) is 17.2 Å². The summed E-state index contributed by atoms with van der Waals surface area (Å²) in [6.07, 6.45) is 4.21. The van der Waals surface area contributed by atoms with Crippen LogP contribution in [0.25, 0.3) is 0 Å². The molecule has 0 bridgehead atoms. The molecule has 0 fully saturated rings. The smallest absolute Gasteiger partial charge is 0.129 e. The van der Waals surface area contributed by atoms with Gasteiger partial charge in [0.15, 0.2) is 0 Å². The van der Waals surface area contributed by atoms with Crippen molar-refractivity contribution in [3.63, 3.8) is 0 Å². The molecule has 17 heavy (non-hydrogen) atoms. The number of rotatable bonds is 3. The molecule has 1 atom stereocenters. The molecule has 0 spiro atoms. The topological polar surface area (TPSA) is 43.8 Å². The van der Waals surface area contributed by atoms with Crippen LogP contribution in [0.4, 0.5) is 4.39 Å². The fourth-order valence-corrected chi connectivity index (χ4v) is 2.08. The van der Waals surface area contributed by atoms with Gasteiger partial charge in [-0.3, -0.25) is 4.68 Å². The van der Waals surface area contributed by atoms with E-state index in [2.05, 4.69) is 21.0 Å². The van der Waals surface area contributed by atoms with E-state index in [1.54, 1.807) is 23.0 Å². The first-order valence-corrected chi connectivity index (χ1v) is 6.03. The summed E-state index contributed by atoms with van der Waals surface area (Å²) >= 11 is 3.22. The van der Waals surface area contributed by atoms with Crippen molar-refractivity contribution >= 4 is 15.9 Å². The van der Waals surface area contributed by atoms with Gasteiger partial charge in [0.25, 0.3) is 0 Å². The Kier molecular flexibility index (Phi) is 3.59. The zero-order valence-corrected chi connectivity index (χ0v) is 11.0. The summed E-state index contributed by atoms with van der Waals surface area (Å²) in [6, 6.07) is 4.58. The number of hydrogen-bond donors (Lipinski definition) is 1. The van der Waals surface area contributed by atoms with Crippen LogP contribution in [0.15, 0.2) is 35.1 Å². The third-order valence-corrected chi connectivity index (χ3v) is 3.07. The Morgan fingerprint density at radius 3 is 2.88 bits per heavy atom. The largest absolute Gasteiger partial charge is 0.324 e. The van der Waals surface area contributed by atoms with Crippen molar-refractivity contribution in [2.75, 3.05) is 0 Å². The molecule has 1 unspecified atom stereocenters. The van der Waals surface area contributed by atoms with Crippen LogP contribution < -0.4 is 5.73 Å². The van der Waals surface area contributed by atoms with Crippen molar-refractivity contribution in [2.45, 2.75) is 12.5 Å². The van der Waals surface area contributed by atoms with Crippen molar-refractivity contribution in [2.24, 2.45) is 12.8 Å². The zero-order valence-electron chi connectivity index (χ0n) is 9.40. The second-order valence-electron chi connectivity index (χ2n) is 4.00. The molecule has 0 amide bonds. The van der Waals surface area contributed by atoms with Crippen LogP contribution in [0.5, 0.6) is 0 Å². The molecule has 2 N–H and O–H groups in total. The average Bonchev–Trinajstić information content (AvgIpc) is 2.63. The summed E-state index contributed by atoms with van der Waals surface area (Å²) in [5.74, 6) is -0.282. The minimum Gasteiger partial charge on any atom is -0.324 e. The third kappa shape index (κ3) is 2.92. The molecule has 3 nitrogen and oxygen atoms in total. The van der Waals surface area contributed by atoms with E-state index in [-0.39, 0.29) is 11.9 Å². The second kappa shape index (κ2) is 4.98. The standard InChI is InChI=1S/C12H13BrFN3/c1-17-7-8(6-16-17)4-12(15)10-3-2-9(13)5-11(10)14/h2-3,5-7,12H,4,15H2,1H3. The Hall–Kier alpha value is -1.20. The van der Waals surface area contributed by atoms with Gasteiger partial charge in [0.05, 0.1) is 6.20 Å². The van der Waals surface area contributed by atoms with E-state index in [0.717, 1.165) is 5.56 Å². The molecule has 0 saturated heterocycles. The van der Waals surface area contributed by atoms with Gasteiger partial charge in [0.1, 0.15) is 5.82 Å². The van der Waals surface area contributed by atoms with Crippen molar-refractivity contribution in [3.05, 3.63) is 52.0 Å². The van der Waals surface area contributed by atoms with Crippen molar-refractivity contribution < 1.29 is 4.39 Å².